The summed E-state index contributed by atoms with van der Waals surface area (Å²) in [5, 5.41) is 0. The van der Waals surface area contributed by atoms with Crippen LogP contribution in [0.1, 0.15) is 5.56 Å². The lowest BCUT2D eigenvalue weighted by Gasteiger charge is -2.02. The average Bonchev–Trinajstić information content (AvgIpc) is 1.96. The Labute approximate surface area is 63.6 Å². The standard InChI is InChI=1S/C8H8F2O/c1-5-3-6(9)8(10)7(4-5)11-2/h3-4H,1-2H3. The molecule has 60 valence electrons. The predicted molar refractivity (Wildman–Crippen MR) is 37.6 cm³/mol. The summed E-state index contributed by atoms with van der Waals surface area (Å²) in [6.45, 7) is 1.67. The summed E-state index contributed by atoms with van der Waals surface area (Å²) in [4.78, 5) is 0. The number of hydrogen-bond donors (Lipinski definition) is 0. The van der Waals surface area contributed by atoms with E-state index in [0.29, 0.717) is 5.56 Å². The first-order chi connectivity index (χ1) is 5.15. The number of aryl methyl sites for hydroxylation is 1. The third-order valence-electron chi connectivity index (χ3n) is 1.36. The molecule has 0 aromatic heterocycles. The largest absolute Gasteiger partial charge is 0.494 e. The van der Waals surface area contributed by atoms with Gasteiger partial charge in [0, 0.05) is 0 Å². The maximum Gasteiger partial charge on any atom is 0.200 e. The van der Waals surface area contributed by atoms with Crippen LogP contribution in [0.25, 0.3) is 0 Å². The van der Waals surface area contributed by atoms with E-state index in [1.165, 1.54) is 13.2 Å². The fourth-order valence-electron chi connectivity index (χ4n) is 0.841. The minimum Gasteiger partial charge on any atom is -0.494 e. The predicted octanol–water partition coefficient (Wildman–Crippen LogP) is 2.28. The molecule has 0 aliphatic rings. The normalized spacial score (nSPS) is 9.82. The number of rotatable bonds is 1. The molecule has 0 atom stereocenters. The van der Waals surface area contributed by atoms with Crippen molar-refractivity contribution in [3.63, 3.8) is 0 Å². The second kappa shape index (κ2) is 2.86. The summed E-state index contributed by atoms with van der Waals surface area (Å²) in [5.74, 6) is -1.86. The van der Waals surface area contributed by atoms with Crippen molar-refractivity contribution in [1.29, 1.82) is 0 Å². The van der Waals surface area contributed by atoms with Crippen LogP contribution in [0.2, 0.25) is 0 Å². The van der Waals surface area contributed by atoms with Gasteiger partial charge >= 0.3 is 0 Å². The summed E-state index contributed by atoms with van der Waals surface area (Å²) < 4.78 is 29.8. The molecule has 0 saturated heterocycles. The van der Waals surface area contributed by atoms with Gasteiger partial charge < -0.3 is 4.74 Å². The molecular formula is C8H8F2O. The topological polar surface area (TPSA) is 9.23 Å². The van der Waals surface area contributed by atoms with E-state index in [4.69, 9.17) is 0 Å². The Balaban J connectivity index is 3.24. The monoisotopic (exact) mass is 158 g/mol. The zero-order valence-electron chi connectivity index (χ0n) is 6.32. The zero-order valence-corrected chi connectivity index (χ0v) is 6.32. The molecule has 0 bridgehead atoms. The van der Waals surface area contributed by atoms with Gasteiger partial charge in [-0.2, -0.15) is 4.39 Å². The van der Waals surface area contributed by atoms with Crippen LogP contribution < -0.4 is 4.74 Å². The van der Waals surface area contributed by atoms with Crippen LogP contribution in [0, 0.1) is 18.6 Å². The highest BCUT2D eigenvalue weighted by Crippen LogP contribution is 2.20. The SMILES string of the molecule is COc1cc(C)cc(F)c1F. The van der Waals surface area contributed by atoms with Crippen molar-refractivity contribution in [2.45, 2.75) is 6.92 Å². The van der Waals surface area contributed by atoms with Crippen LogP contribution in [0.15, 0.2) is 12.1 Å². The molecule has 0 amide bonds. The van der Waals surface area contributed by atoms with E-state index >= 15 is 0 Å². The van der Waals surface area contributed by atoms with Crippen LogP contribution in [-0.2, 0) is 0 Å². The second-order valence-electron chi connectivity index (χ2n) is 2.26. The molecule has 11 heavy (non-hydrogen) atoms. The quantitative estimate of drug-likeness (QED) is 0.609. The number of hydrogen-bond acceptors (Lipinski definition) is 1. The highest BCUT2D eigenvalue weighted by molar-refractivity contribution is 5.30. The Morgan fingerprint density at radius 3 is 2.45 bits per heavy atom. The lowest BCUT2D eigenvalue weighted by Crippen LogP contribution is -1.92. The molecular weight excluding hydrogens is 150 g/mol. The maximum atomic E-state index is 12.7. The van der Waals surface area contributed by atoms with Gasteiger partial charge in [0.05, 0.1) is 7.11 Å². The molecule has 0 unspecified atom stereocenters. The van der Waals surface area contributed by atoms with Gasteiger partial charge in [0.1, 0.15) is 0 Å². The lowest BCUT2D eigenvalue weighted by molar-refractivity contribution is 0.371. The Morgan fingerprint density at radius 1 is 1.27 bits per heavy atom. The van der Waals surface area contributed by atoms with Crippen LogP contribution in [-0.4, -0.2) is 7.11 Å². The number of ether oxygens (including phenoxy) is 1. The van der Waals surface area contributed by atoms with Crippen molar-refractivity contribution in [2.75, 3.05) is 7.11 Å². The van der Waals surface area contributed by atoms with Crippen LogP contribution >= 0.6 is 0 Å². The number of halogens is 2. The van der Waals surface area contributed by atoms with Crippen molar-refractivity contribution >= 4 is 0 Å². The molecule has 0 N–H and O–H groups in total. The van der Waals surface area contributed by atoms with Gasteiger partial charge in [0.25, 0.3) is 0 Å². The molecule has 1 rings (SSSR count). The molecule has 0 fully saturated rings. The fourth-order valence-corrected chi connectivity index (χ4v) is 0.841. The number of benzene rings is 1. The molecule has 0 radical (unpaired) electrons. The summed E-state index contributed by atoms with van der Waals surface area (Å²) >= 11 is 0. The molecule has 1 aromatic rings. The van der Waals surface area contributed by atoms with Gasteiger partial charge in [-0.05, 0) is 24.6 Å². The van der Waals surface area contributed by atoms with E-state index in [-0.39, 0.29) is 5.75 Å². The lowest BCUT2D eigenvalue weighted by atomic mass is 10.2. The number of methoxy groups -OCH3 is 1. The van der Waals surface area contributed by atoms with E-state index < -0.39 is 11.6 Å². The van der Waals surface area contributed by atoms with E-state index in [0.717, 1.165) is 6.07 Å². The molecule has 0 aliphatic carbocycles. The van der Waals surface area contributed by atoms with Crippen LogP contribution in [0.5, 0.6) is 5.75 Å². The third-order valence-corrected chi connectivity index (χ3v) is 1.36. The molecule has 3 heteroatoms. The Hall–Kier alpha value is -1.12. The van der Waals surface area contributed by atoms with Gasteiger partial charge in [-0.1, -0.05) is 0 Å². The van der Waals surface area contributed by atoms with Crippen molar-refractivity contribution in [3.8, 4) is 5.75 Å². The Bertz CT molecular complexity index is 271. The molecule has 0 heterocycles. The third kappa shape index (κ3) is 1.48. The highest BCUT2D eigenvalue weighted by Gasteiger charge is 2.08. The summed E-state index contributed by atoms with van der Waals surface area (Å²) in [6, 6.07) is 2.57. The van der Waals surface area contributed by atoms with E-state index in [1.54, 1.807) is 6.92 Å². The molecule has 0 saturated carbocycles. The zero-order chi connectivity index (χ0) is 8.43. The van der Waals surface area contributed by atoms with Crippen LogP contribution in [0.4, 0.5) is 8.78 Å². The summed E-state index contributed by atoms with van der Waals surface area (Å²) in [5.41, 5.74) is 0.640. The van der Waals surface area contributed by atoms with E-state index in [1.807, 2.05) is 0 Å². The van der Waals surface area contributed by atoms with E-state index in [9.17, 15) is 8.78 Å². The Morgan fingerprint density at radius 2 is 1.91 bits per heavy atom. The molecule has 1 nitrogen and oxygen atoms in total. The van der Waals surface area contributed by atoms with Crippen molar-refractivity contribution in [3.05, 3.63) is 29.3 Å². The van der Waals surface area contributed by atoms with Gasteiger partial charge in [0.2, 0.25) is 5.82 Å². The minimum absolute atomic E-state index is 0.0532. The maximum absolute atomic E-state index is 12.7. The van der Waals surface area contributed by atoms with Crippen molar-refractivity contribution in [2.24, 2.45) is 0 Å². The fraction of sp³-hybridized carbons (Fsp3) is 0.250. The van der Waals surface area contributed by atoms with Crippen molar-refractivity contribution < 1.29 is 13.5 Å². The first kappa shape index (κ1) is 7.98. The first-order valence-corrected chi connectivity index (χ1v) is 3.15. The van der Waals surface area contributed by atoms with Gasteiger partial charge in [-0.3, -0.25) is 0 Å². The van der Waals surface area contributed by atoms with Gasteiger partial charge in [0.15, 0.2) is 11.6 Å². The van der Waals surface area contributed by atoms with Gasteiger partial charge in [-0.15, -0.1) is 0 Å². The minimum atomic E-state index is -0.932. The molecule has 1 aromatic carbocycles. The highest BCUT2D eigenvalue weighted by atomic mass is 19.2. The molecule has 0 spiro atoms. The Kier molecular flexibility index (Phi) is 2.08. The van der Waals surface area contributed by atoms with Crippen LogP contribution in [0.3, 0.4) is 0 Å². The second-order valence-corrected chi connectivity index (χ2v) is 2.26. The summed E-state index contributed by atoms with van der Waals surface area (Å²) in [6.07, 6.45) is 0. The first-order valence-electron chi connectivity index (χ1n) is 3.15. The van der Waals surface area contributed by atoms with E-state index in [2.05, 4.69) is 4.74 Å². The molecule has 0 aliphatic heterocycles. The van der Waals surface area contributed by atoms with Gasteiger partial charge in [-0.25, -0.2) is 4.39 Å². The average molecular weight is 158 g/mol. The summed E-state index contributed by atoms with van der Waals surface area (Å²) in [7, 11) is 1.30. The van der Waals surface area contributed by atoms with Crippen molar-refractivity contribution in [1.82, 2.24) is 0 Å². The smallest absolute Gasteiger partial charge is 0.200 e.